The molecule has 2 saturated heterocycles. The maximum atomic E-state index is 12.4. The Morgan fingerprint density at radius 1 is 1.03 bits per heavy atom. The number of likely N-dealkylation sites (tertiary alicyclic amines) is 1. The first-order valence-electron chi connectivity index (χ1n) is 10.9. The van der Waals surface area contributed by atoms with Crippen LogP contribution in [0, 0.1) is 0 Å². The first-order valence-corrected chi connectivity index (χ1v) is 10.9. The number of ether oxygens (including phenoxy) is 1. The molecule has 2 heterocycles. The number of para-hydroxylation sites is 1. The lowest BCUT2D eigenvalue weighted by molar-refractivity contribution is -0.144. The number of piperidine rings is 1. The molecule has 5 nitrogen and oxygen atoms in total. The molecule has 4 rings (SSSR count). The van der Waals surface area contributed by atoms with Crippen LogP contribution in [0.5, 0.6) is 0 Å². The van der Waals surface area contributed by atoms with E-state index in [1.54, 1.807) is 0 Å². The number of benzene rings is 2. The fourth-order valence-electron chi connectivity index (χ4n) is 4.39. The van der Waals surface area contributed by atoms with Gasteiger partial charge in [0.2, 0.25) is 0 Å². The number of anilines is 1. The summed E-state index contributed by atoms with van der Waals surface area (Å²) < 4.78 is 6.08. The molecule has 0 saturated carbocycles. The van der Waals surface area contributed by atoms with E-state index in [-0.39, 0.29) is 23.9 Å². The summed E-state index contributed by atoms with van der Waals surface area (Å²) in [4.78, 5) is 28.5. The standard InChI is InChI=1S/C25H30N2O3/c1-2-23(28)21-10-8-20(9-11-21)12-15-26-16-13-25(14-17-26)19-27(24(29)18-30-25)22-6-4-3-5-7-22/h3-11H,2,12-19H2,1H3. The van der Waals surface area contributed by atoms with E-state index in [2.05, 4.69) is 17.0 Å². The van der Waals surface area contributed by atoms with Crippen molar-refractivity contribution in [2.45, 2.75) is 38.2 Å². The van der Waals surface area contributed by atoms with Crippen molar-refractivity contribution in [3.8, 4) is 0 Å². The number of ketones is 1. The van der Waals surface area contributed by atoms with Crippen LogP contribution in [-0.4, -0.2) is 55.0 Å². The van der Waals surface area contributed by atoms with Crippen molar-refractivity contribution in [2.24, 2.45) is 0 Å². The molecule has 2 aliphatic heterocycles. The van der Waals surface area contributed by atoms with Gasteiger partial charge in [-0.15, -0.1) is 0 Å². The lowest BCUT2D eigenvalue weighted by Crippen LogP contribution is -2.59. The molecule has 158 valence electrons. The fourth-order valence-corrected chi connectivity index (χ4v) is 4.39. The van der Waals surface area contributed by atoms with Crippen molar-refractivity contribution in [2.75, 3.05) is 37.7 Å². The molecule has 0 aliphatic carbocycles. The van der Waals surface area contributed by atoms with Crippen LogP contribution in [0.2, 0.25) is 0 Å². The number of amides is 1. The van der Waals surface area contributed by atoms with Gasteiger partial charge in [-0.2, -0.15) is 0 Å². The lowest BCUT2D eigenvalue weighted by atomic mass is 9.88. The van der Waals surface area contributed by atoms with Gasteiger partial charge in [-0.05, 0) is 37.0 Å². The van der Waals surface area contributed by atoms with Crippen LogP contribution >= 0.6 is 0 Å². The molecule has 0 bridgehead atoms. The predicted molar refractivity (Wildman–Crippen MR) is 118 cm³/mol. The number of hydrogen-bond donors (Lipinski definition) is 0. The third kappa shape index (κ3) is 4.63. The van der Waals surface area contributed by atoms with Crippen molar-refractivity contribution in [3.05, 3.63) is 65.7 Å². The minimum absolute atomic E-state index is 0.0410. The van der Waals surface area contributed by atoms with E-state index >= 15 is 0 Å². The molecule has 0 unspecified atom stereocenters. The lowest BCUT2D eigenvalue weighted by Gasteiger charge is -2.47. The molecule has 0 radical (unpaired) electrons. The highest BCUT2D eigenvalue weighted by Crippen LogP contribution is 2.32. The molecule has 1 amide bonds. The normalized spacial score (nSPS) is 19.2. The summed E-state index contributed by atoms with van der Waals surface area (Å²) in [6.07, 6.45) is 3.40. The summed E-state index contributed by atoms with van der Waals surface area (Å²) in [5.41, 5.74) is 2.78. The zero-order chi connectivity index (χ0) is 21.0. The molecular formula is C25H30N2O3. The van der Waals surface area contributed by atoms with Crippen LogP contribution in [0.1, 0.15) is 42.1 Å². The highest BCUT2D eigenvalue weighted by molar-refractivity contribution is 5.96. The molecular weight excluding hydrogens is 376 g/mol. The second-order valence-electron chi connectivity index (χ2n) is 8.35. The quantitative estimate of drug-likeness (QED) is 0.686. The molecule has 2 aromatic carbocycles. The third-order valence-electron chi connectivity index (χ3n) is 6.40. The van der Waals surface area contributed by atoms with Crippen molar-refractivity contribution >= 4 is 17.4 Å². The monoisotopic (exact) mass is 406 g/mol. The van der Waals surface area contributed by atoms with E-state index in [1.165, 1.54) is 5.56 Å². The molecule has 0 N–H and O–H groups in total. The van der Waals surface area contributed by atoms with Crippen LogP contribution in [-0.2, 0) is 16.0 Å². The molecule has 2 aliphatic rings. The Balaban J connectivity index is 1.30. The molecule has 0 aromatic heterocycles. The van der Waals surface area contributed by atoms with E-state index < -0.39 is 0 Å². The molecule has 1 spiro atoms. The number of morpholine rings is 1. The Morgan fingerprint density at radius 2 is 1.73 bits per heavy atom. The zero-order valence-electron chi connectivity index (χ0n) is 17.7. The summed E-state index contributed by atoms with van der Waals surface area (Å²) >= 11 is 0. The molecule has 30 heavy (non-hydrogen) atoms. The number of Topliss-reactive ketones (excluding diaryl/α,β-unsaturated/α-hetero) is 1. The Labute approximate surface area is 178 Å². The number of hydrogen-bond acceptors (Lipinski definition) is 4. The first-order chi connectivity index (χ1) is 14.6. The van der Waals surface area contributed by atoms with Crippen LogP contribution in [0.3, 0.4) is 0 Å². The van der Waals surface area contributed by atoms with Gasteiger partial charge in [-0.1, -0.05) is 49.4 Å². The minimum atomic E-state index is -0.234. The highest BCUT2D eigenvalue weighted by atomic mass is 16.5. The number of rotatable bonds is 6. The Hall–Kier alpha value is -2.50. The average molecular weight is 407 g/mol. The highest BCUT2D eigenvalue weighted by Gasteiger charge is 2.42. The van der Waals surface area contributed by atoms with Crippen LogP contribution < -0.4 is 4.90 Å². The second-order valence-corrected chi connectivity index (χ2v) is 8.35. The second kappa shape index (κ2) is 9.11. The SMILES string of the molecule is CCC(=O)c1ccc(CCN2CCC3(CC2)CN(c2ccccc2)C(=O)CO3)cc1. The van der Waals surface area contributed by atoms with Gasteiger partial charge in [0.25, 0.3) is 5.91 Å². The van der Waals surface area contributed by atoms with Crippen LogP contribution in [0.15, 0.2) is 54.6 Å². The number of carbonyl (C=O) groups excluding carboxylic acids is 2. The smallest absolute Gasteiger partial charge is 0.253 e. The Kier molecular flexibility index (Phi) is 6.30. The molecule has 2 aromatic rings. The summed E-state index contributed by atoms with van der Waals surface area (Å²) in [7, 11) is 0. The molecule has 2 fully saturated rings. The molecule has 0 atom stereocenters. The first kappa shape index (κ1) is 20.8. The summed E-state index contributed by atoms with van der Waals surface area (Å²) in [5, 5.41) is 0. The van der Waals surface area contributed by atoms with Gasteiger partial charge in [0, 0.05) is 37.3 Å². The maximum Gasteiger partial charge on any atom is 0.253 e. The minimum Gasteiger partial charge on any atom is -0.363 e. The Morgan fingerprint density at radius 3 is 2.40 bits per heavy atom. The van der Waals surface area contributed by atoms with Gasteiger partial charge in [0.15, 0.2) is 5.78 Å². The Bertz CT molecular complexity index is 871. The molecule has 5 heteroatoms. The van der Waals surface area contributed by atoms with E-state index in [0.717, 1.165) is 50.1 Å². The topological polar surface area (TPSA) is 49.9 Å². The van der Waals surface area contributed by atoms with Gasteiger partial charge >= 0.3 is 0 Å². The van der Waals surface area contributed by atoms with Gasteiger partial charge in [-0.25, -0.2) is 0 Å². The summed E-state index contributed by atoms with van der Waals surface area (Å²) in [6.45, 7) is 5.64. The van der Waals surface area contributed by atoms with E-state index in [0.29, 0.717) is 13.0 Å². The van der Waals surface area contributed by atoms with E-state index in [9.17, 15) is 9.59 Å². The van der Waals surface area contributed by atoms with Crippen molar-refractivity contribution in [1.29, 1.82) is 0 Å². The maximum absolute atomic E-state index is 12.4. The van der Waals surface area contributed by atoms with Gasteiger partial charge < -0.3 is 14.5 Å². The van der Waals surface area contributed by atoms with Crippen molar-refractivity contribution < 1.29 is 14.3 Å². The number of nitrogens with zero attached hydrogens (tertiary/aromatic N) is 2. The summed E-state index contributed by atoms with van der Waals surface area (Å²) in [5.74, 6) is 0.234. The van der Waals surface area contributed by atoms with Crippen LogP contribution in [0.25, 0.3) is 0 Å². The van der Waals surface area contributed by atoms with Crippen molar-refractivity contribution in [3.63, 3.8) is 0 Å². The van der Waals surface area contributed by atoms with E-state index in [4.69, 9.17) is 4.74 Å². The fraction of sp³-hybridized carbons (Fsp3) is 0.440. The average Bonchev–Trinajstić information content (AvgIpc) is 2.81. The largest absolute Gasteiger partial charge is 0.363 e. The van der Waals surface area contributed by atoms with Gasteiger partial charge in [-0.3, -0.25) is 9.59 Å². The van der Waals surface area contributed by atoms with Gasteiger partial charge in [0.1, 0.15) is 6.61 Å². The van der Waals surface area contributed by atoms with Crippen LogP contribution in [0.4, 0.5) is 5.69 Å². The van der Waals surface area contributed by atoms with Gasteiger partial charge in [0.05, 0.1) is 12.1 Å². The number of carbonyl (C=O) groups is 2. The van der Waals surface area contributed by atoms with Crippen molar-refractivity contribution in [1.82, 2.24) is 4.90 Å². The third-order valence-corrected chi connectivity index (χ3v) is 6.40. The summed E-state index contributed by atoms with van der Waals surface area (Å²) in [6, 6.07) is 17.9. The zero-order valence-corrected chi connectivity index (χ0v) is 17.7. The predicted octanol–water partition coefficient (Wildman–Crippen LogP) is 3.72. The van der Waals surface area contributed by atoms with E-state index in [1.807, 2.05) is 54.3 Å².